The first kappa shape index (κ1) is 6.96. The van der Waals surface area contributed by atoms with Gasteiger partial charge in [-0.05, 0) is 19.3 Å². The van der Waals surface area contributed by atoms with Crippen LogP contribution in [-0.2, 0) is 0 Å². The third-order valence-corrected chi connectivity index (χ3v) is 1.93. The molecule has 0 aromatic carbocycles. The van der Waals surface area contributed by atoms with Gasteiger partial charge in [0.25, 0.3) is 0 Å². The molecule has 1 saturated carbocycles. The lowest BCUT2D eigenvalue weighted by atomic mass is 9.90. The average Bonchev–Trinajstić information content (AvgIpc) is 1.83. The summed E-state index contributed by atoms with van der Waals surface area (Å²) in [7, 11) is 0. The van der Waals surface area contributed by atoms with Crippen molar-refractivity contribution in [1.82, 2.24) is 0 Å². The Kier molecular flexibility index (Phi) is 2.03. The maximum atomic E-state index is 12.6. The van der Waals surface area contributed by atoms with Crippen molar-refractivity contribution in [3.05, 3.63) is 0 Å². The van der Waals surface area contributed by atoms with Crippen molar-refractivity contribution in [3.63, 3.8) is 0 Å². The number of nitrogens with two attached hydrogens (primary N) is 2. The Balaban J connectivity index is 2.41. The van der Waals surface area contributed by atoms with Gasteiger partial charge in [0, 0.05) is 6.04 Å². The maximum absolute atomic E-state index is 12.6. The van der Waals surface area contributed by atoms with Crippen LogP contribution in [0.4, 0.5) is 4.39 Å². The lowest BCUT2D eigenvalue weighted by Gasteiger charge is -2.28. The van der Waals surface area contributed by atoms with Crippen molar-refractivity contribution in [2.75, 3.05) is 0 Å². The first-order valence-electron chi connectivity index (χ1n) is 3.37. The van der Waals surface area contributed by atoms with Crippen molar-refractivity contribution < 1.29 is 4.39 Å². The van der Waals surface area contributed by atoms with E-state index in [1.54, 1.807) is 0 Å². The molecule has 2 nitrogen and oxygen atoms in total. The van der Waals surface area contributed by atoms with Gasteiger partial charge in [0.1, 0.15) is 6.17 Å². The molecule has 1 aliphatic carbocycles. The molecule has 1 fully saturated rings. The molecule has 1 aliphatic rings. The van der Waals surface area contributed by atoms with Gasteiger partial charge in [-0.3, -0.25) is 0 Å². The minimum absolute atomic E-state index is 0.117. The second-order valence-corrected chi connectivity index (χ2v) is 2.69. The minimum Gasteiger partial charge on any atom is -0.326 e. The van der Waals surface area contributed by atoms with Crippen LogP contribution in [0.5, 0.6) is 0 Å². The average molecular weight is 132 g/mol. The number of hydrogen-bond acceptors (Lipinski definition) is 2. The molecule has 1 rings (SSSR count). The molecule has 0 aliphatic heterocycles. The second-order valence-electron chi connectivity index (χ2n) is 2.69. The monoisotopic (exact) mass is 132 g/mol. The summed E-state index contributed by atoms with van der Waals surface area (Å²) >= 11 is 0. The van der Waals surface area contributed by atoms with Gasteiger partial charge in [-0.2, -0.15) is 0 Å². The number of halogens is 1. The zero-order chi connectivity index (χ0) is 6.85. The summed E-state index contributed by atoms with van der Waals surface area (Å²) in [6.07, 6.45) is 1.49. The van der Waals surface area contributed by atoms with E-state index in [-0.39, 0.29) is 6.04 Å². The molecule has 0 aromatic rings. The molecule has 9 heavy (non-hydrogen) atoms. The Morgan fingerprint density at radius 3 is 2.33 bits per heavy atom. The van der Waals surface area contributed by atoms with Gasteiger partial charge in [0.15, 0.2) is 0 Å². The summed E-state index contributed by atoms with van der Waals surface area (Å²) in [5.41, 5.74) is 10.9. The van der Waals surface area contributed by atoms with E-state index in [0.29, 0.717) is 6.42 Å². The summed E-state index contributed by atoms with van der Waals surface area (Å²) in [4.78, 5) is 0. The first-order chi connectivity index (χ1) is 4.22. The highest BCUT2D eigenvalue weighted by atomic mass is 19.1. The molecule has 3 atom stereocenters. The van der Waals surface area contributed by atoms with Gasteiger partial charge in [-0.25, -0.2) is 4.39 Å². The standard InChI is InChI=1S/C6H13FN2/c7-4-2-1-3-5(8)6(4)9/h4-6H,1-3,8-9H2/t4-,5+,6-/m0/s1. The van der Waals surface area contributed by atoms with Crippen LogP contribution in [0.25, 0.3) is 0 Å². The third-order valence-electron chi connectivity index (χ3n) is 1.93. The molecular formula is C6H13FN2. The summed E-state index contributed by atoms with van der Waals surface area (Å²) in [6, 6.07) is -0.535. The van der Waals surface area contributed by atoms with E-state index in [9.17, 15) is 4.39 Å². The lowest BCUT2D eigenvalue weighted by molar-refractivity contribution is 0.198. The topological polar surface area (TPSA) is 52.0 Å². The fourth-order valence-electron chi connectivity index (χ4n) is 1.20. The van der Waals surface area contributed by atoms with Gasteiger partial charge < -0.3 is 11.5 Å². The van der Waals surface area contributed by atoms with Gasteiger partial charge in [0.05, 0.1) is 6.04 Å². The summed E-state index contributed by atoms with van der Waals surface area (Å²) < 4.78 is 12.6. The molecule has 0 aromatic heterocycles. The van der Waals surface area contributed by atoms with E-state index in [0.717, 1.165) is 12.8 Å². The third kappa shape index (κ3) is 1.40. The fraction of sp³-hybridized carbons (Fsp3) is 1.00. The number of rotatable bonds is 0. The van der Waals surface area contributed by atoms with Crippen LogP contribution in [-0.4, -0.2) is 18.3 Å². The summed E-state index contributed by atoms with van der Waals surface area (Å²) in [5, 5.41) is 0. The Bertz CT molecular complexity index is 87.1. The van der Waals surface area contributed by atoms with Gasteiger partial charge in [0.2, 0.25) is 0 Å². The SMILES string of the molecule is N[C@@H]1[C@H](N)CCC[C@@H]1F. The predicted molar refractivity (Wildman–Crippen MR) is 34.7 cm³/mol. The molecule has 0 radical (unpaired) electrons. The van der Waals surface area contributed by atoms with Crippen molar-refractivity contribution in [3.8, 4) is 0 Å². The molecule has 0 heterocycles. The first-order valence-corrected chi connectivity index (χ1v) is 3.37. The molecule has 54 valence electrons. The summed E-state index contributed by atoms with van der Waals surface area (Å²) in [5.74, 6) is 0. The number of hydrogen-bond donors (Lipinski definition) is 2. The molecule has 3 heteroatoms. The molecular weight excluding hydrogens is 119 g/mol. The highest BCUT2D eigenvalue weighted by molar-refractivity contribution is 4.87. The van der Waals surface area contributed by atoms with E-state index in [4.69, 9.17) is 11.5 Å². The largest absolute Gasteiger partial charge is 0.326 e. The van der Waals surface area contributed by atoms with Gasteiger partial charge in [-0.1, -0.05) is 0 Å². The smallest absolute Gasteiger partial charge is 0.117 e. The Hall–Kier alpha value is -0.150. The molecule has 0 saturated heterocycles. The molecule has 0 amide bonds. The van der Waals surface area contributed by atoms with Crippen LogP contribution in [0.3, 0.4) is 0 Å². The fourth-order valence-corrected chi connectivity index (χ4v) is 1.20. The van der Waals surface area contributed by atoms with Crippen LogP contribution in [0.1, 0.15) is 19.3 Å². The van der Waals surface area contributed by atoms with E-state index < -0.39 is 12.2 Å². The Labute approximate surface area is 54.4 Å². The molecule has 4 N–H and O–H groups in total. The molecule has 0 spiro atoms. The van der Waals surface area contributed by atoms with Gasteiger partial charge >= 0.3 is 0 Å². The predicted octanol–water partition coefficient (Wildman–Crippen LogP) is 0.163. The maximum Gasteiger partial charge on any atom is 0.117 e. The normalized spacial score (nSPS) is 45.0. The highest BCUT2D eigenvalue weighted by Crippen LogP contribution is 2.18. The van der Waals surface area contributed by atoms with Crippen LogP contribution in [0.15, 0.2) is 0 Å². The van der Waals surface area contributed by atoms with Crippen molar-refractivity contribution in [1.29, 1.82) is 0 Å². The minimum atomic E-state index is -0.867. The van der Waals surface area contributed by atoms with Crippen LogP contribution >= 0.6 is 0 Å². The van der Waals surface area contributed by atoms with E-state index in [1.807, 2.05) is 0 Å². The Morgan fingerprint density at radius 1 is 1.22 bits per heavy atom. The molecule has 0 unspecified atom stereocenters. The second kappa shape index (κ2) is 2.62. The number of alkyl halides is 1. The lowest BCUT2D eigenvalue weighted by Crippen LogP contribution is -2.50. The van der Waals surface area contributed by atoms with Crippen LogP contribution in [0, 0.1) is 0 Å². The van der Waals surface area contributed by atoms with Gasteiger partial charge in [-0.15, -0.1) is 0 Å². The van der Waals surface area contributed by atoms with E-state index >= 15 is 0 Å². The van der Waals surface area contributed by atoms with Crippen molar-refractivity contribution in [2.24, 2.45) is 11.5 Å². The quantitative estimate of drug-likeness (QED) is 0.493. The van der Waals surface area contributed by atoms with Crippen molar-refractivity contribution >= 4 is 0 Å². The zero-order valence-electron chi connectivity index (χ0n) is 5.39. The van der Waals surface area contributed by atoms with Crippen molar-refractivity contribution in [2.45, 2.75) is 37.5 Å². The van der Waals surface area contributed by atoms with Crippen LogP contribution in [0.2, 0.25) is 0 Å². The zero-order valence-corrected chi connectivity index (χ0v) is 5.39. The van der Waals surface area contributed by atoms with E-state index in [2.05, 4.69) is 0 Å². The molecule has 0 bridgehead atoms. The highest BCUT2D eigenvalue weighted by Gasteiger charge is 2.27. The van der Waals surface area contributed by atoms with Crippen LogP contribution < -0.4 is 11.5 Å². The summed E-state index contributed by atoms with van der Waals surface area (Å²) in [6.45, 7) is 0. The Morgan fingerprint density at radius 2 is 1.89 bits per heavy atom. The van der Waals surface area contributed by atoms with E-state index in [1.165, 1.54) is 0 Å².